The standard InChI is InChI=1S/C22H24N2O4/c1-14(2)13-28-18-9-5-15(6-10-18)19-20(22(26)24(3)21(19)25)23-16-7-11-17(27-4)12-8-16/h5-12,14,23H,13H2,1-4H3. The van der Waals surface area contributed by atoms with Gasteiger partial charge in [0.15, 0.2) is 0 Å². The fourth-order valence-corrected chi connectivity index (χ4v) is 2.82. The SMILES string of the molecule is COc1ccc(NC2=C(c3ccc(OCC(C)C)cc3)C(=O)N(C)C2=O)cc1. The molecule has 1 aliphatic rings. The minimum absolute atomic E-state index is 0.258. The highest BCUT2D eigenvalue weighted by molar-refractivity contribution is 6.36. The molecule has 0 bridgehead atoms. The third-order valence-electron chi connectivity index (χ3n) is 4.37. The van der Waals surface area contributed by atoms with Gasteiger partial charge in [0.1, 0.15) is 17.2 Å². The molecule has 0 atom stereocenters. The second-order valence-electron chi connectivity index (χ2n) is 7.00. The number of nitrogens with one attached hydrogen (secondary N) is 1. The molecular weight excluding hydrogens is 356 g/mol. The lowest BCUT2D eigenvalue weighted by molar-refractivity contribution is -0.135. The Bertz CT molecular complexity index is 899. The molecule has 2 aromatic carbocycles. The Morgan fingerprint density at radius 1 is 0.929 bits per heavy atom. The summed E-state index contributed by atoms with van der Waals surface area (Å²) >= 11 is 0. The Balaban J connectivity index is 1.91. The van der Waals surface area contributed by atoms with E-state index in [1.54, 1.807) is 43.5 Å². The van der Waals surface area contributed by atoms with Gasteiger partial charge in [-0.25, -0.2) is 0 Å². The lowest BCUT2D eigenvalue weighted by atomic mass is 10.0. The summed E-state index contributed by atoms with van der Waals surface area (Å²) in [6.07, 6.45) is 0. The van der Waals surface area contributed by atoms with Crippen molar-refractivity contribution in [3.05, 3.63) is 59.8 Å². The zero-order chi connectivity index (χ0) is 20.3. The van der Waals surface area contributed by atoms with Gasteiger partial charge in [-0.1, -0.05) is 26.0 Å². The largest absolute Gasteiger partial charge is 0.497 e. The van der Waals surface area contributed by atoms with Crippen molar-refractivity contribution < 1.29 is 19.1 Å². The smallest absolute Gasteiger partial charge is 0.277 e. The Morgan fingerprint density at radius 2 is 1.54 bits per heavy atom. The second-order valence-corrected chi connectivity index (χ2v) is 7.00. The predicted octanol–water partition coefficient (Wildman–Crippen LogP) is 3.55. The number of hydrogen-bond acceptors (Lipinski definition) is 5. The van der Waals surface area contributed by atoms with Crippen molar-refractivity contribution in [2.24, 2.45) is 5.92 Å². The van der Waals surface area contributed by atoms with Crippen molar-refractivity contribution in [3.8, 4) is 11.5 Å². The quantitative estimate of drug-likeness (QED) is 0.744. The number of ether oxygens (including phenoxy) is 2. The molecule has 6 nitrogen and oxygen atoms in total. The molecule has 28 heavy (non-hydrogen) atoms. The van der Waals surface area contributed by atoms with Crippen molar-refractivity contribution in [1.82, 2.24) is 4.90 Å². The van der Waals surface area contributed by atoms with Crippen LogP contribution in [0, 0.1) is 5.92 Å². The van der Waals surface area contributed by atoms with E-state index < -0.39 is 0 Å². The first kappa shape index (κ1) is 19.5. The minimum Gasteiger partial charge on any atom is -0.497 e. The van der Waals surface area contributed by atoms with E-state index >= 15 is 0 Å². The summed E-state index contributed by atoms with van der Waals surface area (Å²) in [5.41, 5.74) is 1.96. The number of carbonyl (C=O) groups is 2. The summed E-state index contributed by atoms with van der Waals surface area (Å²) in [5, 5.41) is 3.09. The van der Waals surface area contributed by atoms with Crippen LogP contribution in [0.1, 0.15) is 19.4 Å². The number of carbonyl (C=O) groups excluding carboxylic acids is 2. The molecule has 0 fully saturated rings. The van der Waals surface area contributed by atoms with Crippen LogP contribution in [0.3, 0.4) is 0 Å². The van der Waals surface area contributed by atoms with Crippen molar-refractivity contribution >= 4 is 23.1 Å². The van der Waals surface area contributed by atoms with Gasteiger partial charge >= 0.3 is 0 Å². The number of imide groups is 1. The number of methoxy groups -OCH3 is 1. The highest BCUT2D eigenvalue weighted by atomic mass is 16.5. The van der Waals surface area contributed by atoms with Gasteiger partial charge in [0, 0.05) is 12.7 Å². The molecule has 0 unspecified atom stereocenters. The van der Waals surface area contributed by atoms with E-state index in [1.807, 2.05) is 12.1 Å². The lowest BCUT2D eigenvalue weighted by Crippen LogP contribution is -2.27. The molecular formula is C22H24N2O4. The molecule has 146 valence electrons. The molecule has 3 rings (SSSR count). The highest BCUT2D eigenvalue weighted by Crippen LogP contribution is 2.31. The van der Waals surface area contributed by atoms with E-state index in [0.29, 0.717) is 35.1 Å². The summed E-state index contributed by atoms with van der Waals surface area (Å²) in [5.74, 6) is 1.16. The third-order valence-corrected chi connectivity index (χ3v) is 4.37. The number of nitrogens with zero attached hydrogens (tertiary/aromatic N) is 1. The van der Waals surface area contributed by atoms with E-state index in [0.717, 1.165) is 10.6 Å². The van der Waals surface area contributed by atoms with Crippen LogP contribution in [-0.2, 0) is 9.59 Å². The maximum absolute atomic E-state index is 12.7. The van der Waals surface area contributed by atoms with Gasteiger partial charge in [0.05, 0.1) is 19.3 Å². The van der Waals surface area contributed by atoms with Gasteiger partial charge in [0.2, 0.25) is 0 Å². The second kappa shape index (κ2) is 8.17. The molecule has 0 aliphatic carbocycles. The van der Waals surface area contributed by atoms with Crippen LogP contribution in [0.25, 0.3) is 5.57 Å². The van der Waals surface area contributed by atoms with Gasteiger partial charge in [-0.2, -0.15) is 0 Å². The molecule has 1 heterocycles. The molecule has 1 N–H and O–H groups in total. The molecule has 0 saturated heterocycles. The third kappa shape index (κ3) is 4.01. The fraction of sp³-hybridized carbons (Fsp3) is 0.273. The Kier molecular flexibility index (Phi) is 5.68. The van der Waals surface area contributed by atoms with E-state index in [1.165, 1.54) is 7.05 Å². The van der Waals surface area contributed by atoms with E-state index in [-0.39, 0.29) is 17.5 Å². The van der Waals surface area contributed by atoms with E-state index in [2.05, 4.69) is 19.2 Å². The van der Waals surface area contributed by atoms with Crippen molar-refractivity contribution in [3.63, 3.8) is 0 Å². The predicted molar refractivity (Wildman–Crippen MR) is 108 cm³/mol. The minimum atomic E-state index is -0.365. The van der Waals surface area contributed by atoms with Crippen molar-refractivity contribution in [2.75, 3.05) is 26.1 Å². The van der Waals surface area contributed by atoms with Crippen LogP contribution in [0.4, 0.5) is 5.69 Å². The molecule has 1 aliphatic heterocycles. The first-order valence-electron chi connectivity index (χ1n) is 9.11. The van der Waals surface area contributed by atoms with Gasteiger partial charge in [-0.05, 0) is 47.9 Å². The van der Waals surface area contributed by atoms with Crippen molar-refractivity contribution in [2.45, 2.75) is 13.8 Å². The number of likely N-dealkylation sites (N-methyl/N-ethyl adjacent to an activating group) is 1. The molecule has 2 amide bonds. The zero-order valence-electron chi connectivity index (χ0n) is 16.5. The van der Waals surface area contributed by atoms with Crippen LogP contribution < -0.4 is 14.8 Å². The monoisotopic (exact) mass is 380 g/mol. The number of hydrogen-bond donors (Lipinski definition) is 1. The average Bonchev–Trinajstić information content (AvgIpc) is 2.91. The van der Waals surface area contributed by atoms with Gasteiger partial charge < -0.3 is 14.8 Å². The molecule has 0 radical (unpaired) electrons. The average molecular weight is 380 g/mol. The number of rotatable bonds is 7. The first-order valence-corrected chi connectivity index (χ1v) is 9.11. The molecule has 0 spiro atoms. The fourth-order valence-electron chi connectivity index (χ4n) is 2.82. The Hall–Kier alpha value is -3.28. The van der Waals surface area contributed by atoms with Crippen LogP contribution in [0.5, 0.6) is 11.5 Å². The first-order chi connectivity index (χ1) is 13.4. The van der Waals surface area contributed by atoms with Gasteiger partial charge in [-0.15, -0.1) is 0 Å². The lowest BCUT2D eigenvalue weighted by Gasteiger charge is -2.11. The van der Waals surface area contributed by atoms with Crippen molar-refractivity contribution in [1.29, 1.82) is 0 Å². The van der Waals surface area contributed by atoms with Gasteiger partial charge in [0.25, 0.3) is 11.8 Å². The number of anilines is 1. The maximum atomic E-state index is 12.7. The van der Waals surface area contributed by atoms with Gasteiger partial charge in [-0.3, -0.25) is 14.5 Å². The zero-order valence-corrected chi connectivity index (χ0v) is 16.5. The topological polar surface area (TPSA) is 67.9 Å². The summed E-state index contributed by atoms with van der Waals surface area (Å²) in [6, 6.07) is 14.4. The van der Waals surface area contributed by atoms with Crippen LogP contribution in [0.15, 0.2) is 54.2 Å². The van der Waals surface area contributed by atoms with Crippen LogP contribution >= 0.6 is 0 Å². The van der Waals surface area contributed by atoms with E-state index in [4.69, 9.17) is 9.47 Å². The highest BCUT2D eigenvalue weighted by Gasteiger charge is 2.36. The normalized spacial score (nSPS) is 14.1. The van der Waals surface area contributed by atoms with Crippen LogP contribution in [0.2, 0.25) is 0 Å². The Labute approximate surface area is 164 Å². The summed E-state index contributed by atoms with van der Waals surface area (Å²) in [4.78, 5) is 26.4. The Morgan fingerprint density at radius 3 is 2.11 bits per heavy atom. The molecule has 6 heteroatoms. The summed E-state index contributed by atoms with van der Waals surface area (Å²) < 4.78 is 10.8. The summed E-state index contributed by atoms with van der Waals surface area (Å²) in [7, 11) is 3.07. The van der Waals surface area contributed by atoms with Crippen LogP contribution in [-0.4, -0.2) is 37.5 Å². The molecule has 2 aromatic rings. The molecule has 0 saturated carbocycles. The van der Waals surface area contributed by atoms with E-state index in [9.17, 15) is 9.59 Å². The number of benzene rings is 2. The maximum Gasteiger partial charge on any atom is 0.277 e. The summed E-state index contributed by atoms with van der Waals surface area (Å²) in [6.45, 7) is 4.77. The number of amides is 2. The molecule has 0 aromatic heterocycles.